The van der Waals surface area contributed by atoms with Crippen molar-refractivity contribution in [1.29, 1.82) is 0 Å². The predicted octanol–water partition coefficient (Wildman–Crippen LogP) is 6.70. The van der Waals surface area contributed by atoms with E-state index in [0.717, 1.165) is 0 Å². The Morgan fingerprint density at radius 3 is 2.23 bits per heavy atom. The lowest BCUT2D eigenvalue weighted by molar-refractivity contribution is 0.262. The van der Waals surface area contributed by atoms with E-state index < -0.39 is 6.03 Å². The van der Waals surface area contributed by atoms with Crippen molar-refractivity contribution in [2.45, 2.75) is 17.0 Å². The zero-order chi connectivity index (χ0) is 25.3. The molecule has 0 aliphatic heterocycles. The maximum Gasteiger partial charge on any atom is 0.324 e. The number of pyridine rings is 1. The summed E-state index contributed by atoms with van der Waals surface area (Å²) in [6, 6.07) is 11.8. The third-order valence-electron chi connectivity index (χ3n) is 5.32. The lowest BCUT2D eigenvalue weighted by Gasteiger charge is -2.19. The molecule has 2 amide bonds. The minimum Gasteiger partial charge on any atom is -0.310 e. The van der Waals surface area contributed by atoms with E-state index in [1.807, 2.05) is 18.6 Å². The van der Waals surface area contributed by atoms with Crippen molar-refractivity contribution in [1.82, 2.24) is 14.5 Å². The Bertz CT molecular complexity index is 1500. The van der Waals surface area contributed by atoms with Crippen LogP contribution < -0.4 is 16.2 Å². The molecule has 0 unspecified atom stereocenters. The molecule has 11 heteroatoms. The van der Waals surface area contributed by atoms with Crippen LogP contribution in [-0.4, -0.2) is 33.1 Å². The van der Waals surface area contributed by atoms with Crippen LogP contribution in [0.15, 0.2) is 57.3 Å². The van der Waals surface area contributed by atoms with Gasteiger partial charge in [-0.05, 0) is 43.7 Å². The van der Waals surface area contributed by atoms with Gasteiger partial charge in [0.25, 0.3) is 5.56 Å². The van der Waals surface area contributed by atoms with Crippen LogP contribution >= 0.6 is 46.7 Å². The topological polar surface area (TPSA) is 88.9 Å². The maximum absolute atomic E-state index is 13.5. The molecule has 0 aliphatic carbocycles. The third-order valence-corrected chi connectivity index (χ3v) is 7.25. The molecule has 0 fully saturated rings. The molecule has 180 valence electrons. The van der Waals surface area contributed by atoms with Crippen LogP contribution in [0.3, 0.4) is 0 Å². The fraction of sp³-hybridized carbons (Fsp3) is 0.167. The lowest BCUT2D eigenvalue weighted by atomic mass is 9.99. The number of halogens is 2. The van der Waals surface area contributed by atoms with Crippen LogP contribution in [0, 0.1) is 6.92 Å². The molecule has 4 rings (SSSR count). The van der Waals surface area contributed by atoms with Gasteiger partial charge in [0, 0.05) is 33.6 Å². The number of amides is 2. The van der Waals surface area contributed by atoms with Crippen molar-refractivity contribution in [3.63, 3.8) is 0 Å². The standard InChI is InChI=1S/C24H21Cl2N5O2S2/c1-12-27-21(34-3)20(22(28-12)35-4)30-24(33)29-19-18(14-7-5-6-8-16(14)26)15-11-13(25)9-10-17(15)31(2)23(19)32/h5-11H,1-4H3,(H2,29,30,33). The van der Waals surface area contributed by atoms with Gasteiger partial charge < -0.3 is 15.2 Å². The highest BCUT2D eigenvalue weighted by Crippen LogP contribution is 2.38. The molecule has 2 N–H and O–H groups in total. The van der Waals surface area contributed by atoms with Crippen molar-refractivity contribution in [3.05, 3.63) is 68.7 Å². The first kappa shape index (κ1) is 25.4. The van der Waals surface area contributed by atoms with Crippen molar-refractivity contribution >= 4 is 75.0 Å². The number of fused-ring (bicyclic) bond motifs is 1. The molecule has 2 heterocycles. The van der Waals surface area contributed by atoms with Crippen LogP contribution in [0.25, 0.3) is 22.0 Å². The van der Waals surface area contributed by atoms with Gasteiger partial charge in [0.2, 0.25) is 0 Å². The highest BCUT2D eigenvalue weighted by Gasteiger charge is 2.22. The van der Waals surface area contributed by atoms with E-state index in [1.54, 1.807) is 50.4 Å². The van der Waals surface area contributed by atoms with E-state index in [4.69, 9.17) is 23.2 Å². The summed E-state index contributed by atoms with van der Waals surface area (Å²) in [6.45, 7) is 1.79. The van der Waals surface area contributed by atoms with E-state index in [9.17, 15) is 9.59 Å². The number of carbonyl (C=O) groups excluding carboxylic acids is 1. The number of benzene rings is 2. The van der Waals surface area contributed by atoms with Crippen molar-refractivity contribution < 1.29 is 4.79 Å². The molecule has 35 heavy (non-hydrogen) atoms. The number of thioether (sulfide) groups is 2. The number of hydrogen-bond acceptors (Lipinski definition) is 6. The monoisotopic (exact) mass is 545 g/mol. The normalized spacial score (nSPS) is 11.0. The molecule has 7 nitrogen and oxygen atoms in total. The zero-order valence-electron chi connectivity index (χ0n) is 19.3. The van der Waals surface area contributed by atoms with E-state index in [0.29, 0.717) is 53.6 Å². The van der Waals surface area contributed by atoms with E-state index in [2.05, 4.69) is 20.6 Å². The summed E-state index contributed by atoms with van der Waals surface area (Å²) in [5.74, 6) is 0.603. The molecule has 2 aromatic heterocycles. The molecular formula is C24H21Cl2N5O2S2. The summed E-state index contributed by atoms with van der Waals surface area (Å²) in [4.78, 5) is 35.5. The summed E-state index contributed by atoms with van der Waals surface area (Å²) >= 11 is 15.6. The highest BCUT2D eigenvalue weighted by atomic mass is 35.5. The molecular weight excluding hydrogens is 525 g/mol. The van der Waals surface area contributed by atoms with Gasteiger partial charge in [0.15, 0.2) is 0 Å². The Labute approximate surface area is 220 Å². The van der Waals surface area contributed by atoms with E-state index in [1.165, 1.54) is 28.1 Å². The third kappa shape index (κ3) is 4.99. The lowest BCUT2D eigenvalue weighted by Crippen LogP contribution is -2.29. The van der Waals surface area contributed by atoms with Gasteiger partial charge in [0.1, 0.15) is 27.3 Å². The molecule has 0 atom stereocenters. The second-order valence-electron chi connectivity index (χ2n) is 7.50. The minimum atomic E-state index is -0.602. The fourth-order valence-electron chi connectivity index (χ4n) is 3.76. The van der Waals surface area contributed by atoms with Crippen LogP contribution in [0.5, 0.6) is 0 Å². The fourth-order valence-corrected chi connectivity index (χ4v) is 5.38. The number of aryl methyl sites for hydroxylation is 2. The van der Waals surface area contributed by atoms with Gasteiger partial charge in [0.05, 0.1) is 5.52 Å². The first-order valence-electron chi connectivity index (χ1n) is 10.4. The number of urea groups is 1. The smallest absolute Gasteiger partial charge is 0.310 e. The zero-order valence-corrected chi connectivity index (χ0v) is 22.4. The number of nitrogens with zero attached hydrogens (tertiary/aromatic N) is 3. The molecule has 4 aromatic rings. The van der Waals surface area contributed by atoms with Crippen molar-refractivity contribution in [3.8, 4) is 11.1 Å². The molecule has 0 radical (unpaired) electrons. The van der Waals surface area contributed by atoms with Gasteiger partial charge in [-0.2, -0.15) is 0 Å². The average molecular weight is 547 g/mol. The molecule has 0 aliphatic rings. The number of carbonyl (C=O) groups is 1. The first-order chi connectivity index (χ1) is 16.7. The Morgan fingerprint density at radius 1 is 0.971 bits per heavy atom. The van der Waals surface area contributed by atoms with Gasteiger partial charge in [-0.15, -0.1) is 23.5 Å². The van der Waals surface area contributed by atoms with E-state index >= 15 is 0 Å². The average Bonchev–Trinajstić information content (AvgIpc) is 2.84. The predicted molar refractivity (Wildman–Crippen MR) is 148 cm³/mol. The number of nitrogens with one attached hydrogen (secondary N) is 2. The Hall–Kier alpha value is -2.72. The minimum absolute atomic E-state index is 0.0808. The summed E-state index contributed by atoms with van der Waals surface area (Å²) in [5, 5.41) is 8.45. The summed E-state index contributed by atoms with van der Waals surface area (Å²) in [6.07, 6.45) is 3.74. The van der Waals surface area contributed by atoms with Crippen molar-refractivity contribution in [2.75, 3.05) is 23.1 Å². The van der Waals surface area contributed by atoms with Gasteiger partial charge in [-0.25, -0.2) is 14.8 Å². The highest BCUT2D eigenvalue weighted by molar-refractivity contribution is 7.99. The second-order valence-corrected chi connectivity index (χ2v) is 9.93. The largest absolute Gasteiger partial charge is 0.324 e. The van der Waals surface area contributed by atoms with Crippen LogP contribution in [0.1, 0.15) is 5.82 Å². The molecule has 0 saturated heterocycles. The van der Waals surface area contributed by atoms with Crippen molar-refractivity contribution in [2.24, 2.45) is 7.05 Å². The molecule has 0 spiro atoms. The quantitative estimate of drug-likeness (QED) is 0.214. The van der Waals surface area contributed by atoms with Gasteiger partial charge in [-0.3, -0.25) is 4.79 Å². The Morgan fingerprint density at radius 2 is 1.60 bits per heavy atom. The summed E-state index contributed by atoms with van der Waals surface area (Å²) in [5.41, 5.74) is 1.91. The number of aromatic nitrogens is 3. The number of anilines is 2. The molecule has 0 saturated carbocycles. The number of hydrogen-bond donors (Lipinski definition) is 2. The van der Waals surface area contributed by atoms with Crippen LogP contribution in [0.4, 0.5) is 16.2 Å². The molecule has 0 bridgehead atoms. The number of rotatable bonds is 5. The van der Waals surface area contributed by atoms with Gasteiger partial charge >= 0.3 is 6.03 Å². The first-order valence-corrected chi connectivity index (χ1v) is 13.6. The Kier molecular flexibility index (Phi) is 7.61. The Balaban J connectivity index is 1.89. The van der Waals surface area contributed by atoms with Gasteiger partial charge in [-0.1, -0.05) is 41.4 Å². The second kappa shape index (κ2) is 10.5. The van der Waals surface area contributed by atoms with Crippen LogP contribution in [0.2, 0.25) is 10.0 Å². The van der Waals surface area contributed by atoms with E-state index in [-0.39, 0.29) is 11.2 Å². The SMILES string of the molecule is CSc1nc(C)nc(SC)c1NC(=O)Nc1c(-c2ccccc2Cl)c2cc(Cl)ccc2n(C)c1=O. The maximum atomic E-state index is 13.5. The molecule has 2 aromatic carbocycles. The summed E-state index contributed by atoms with van der Waals surface area (Å²) < 4.78 is 1.47. The summed E-state index contributed by atoms with van der Waals surface area (Å²) in [7, 11) is 1.64. The van der Waals surface area contributed by atoms with Crippen LogP contribution in [-0.2, 0) is 7.05 Å².